The van der Waals surface area contributed by atoms with Gasteiger partial charge in [0.2, 0.25) is 0 Å². The SMILES string of the molecule is CCN(Cc1ccc(C(=O)Nc2ccc(C)cc2CN(C)C)cc1)C(C)C. The van der Waals surface area contributed by atoms with Crippen molar-refractivity contribution < 1.29 is 4.79 Å². The molecule has 2 rings (SSSR count). The van der Waals surface area contributed by atoms with Crippen molar-refractivity contribution in [2.45, 2.75) is 46.8 Å². The van der Waals surface area contributed by atoms with Crippen LogP contribution in [-0.4, -0.2) is 42.4 Å². The second kappa shape index (κ2) is 9.67. The minimum atomic E-state index is -0.0679. The molecule has 4 nitrogen and oxygen atoms in total. The maximum atomic E-state index is 12.7. The molecule has 0 heterocycles. The lowest BCUT2D eigenvalue weighted by Gasteiger charge is -2.24. The Morgan fingerprint density at radius 3 is 2.26 bits per heavy atom. The summed E-state index contributed by atoms with van der Waals surface area (Å²) < 4.78 is 0. The number of aryl methyl sites for hydroxylation is 1. The van der Waals surface area contributed by atoms with Gasteiger partial charge in [0.1, 0.15) is 0 Å². The maximum Gasteiger partial charge on any atom is 0.255 e. The van der Waals surface area contributed by atoms with E-state index < -0.39 is 0 Å². The van der Waals surface area contributed by atoms with Crippen LogP contribution < -0.4 is 5.32 Å². The molecule has 27 heavy (non-hydrogen) atoms. The van der Waals surface area contributed by atoms with Gasteiger partial charge in [-0.05, 0) is 70.7 Å². The summed E-state index contributed by atoms with van der Waals surface area (Å²) in [6.07, 6.45) is 0. The zero-order valence-electron chi connectivity index (χ0n) is 17.5. The third-order valence-electron chi connectivity index (χ3n) is 4.73. The van der Waals surface area contributed by atoms with E-state index in [-0.39, 0.29) is 5.91 Å². The van der Waals surface area contributed by atoms with Crippen molar-refractivity contribution in [1.82, 2.24) is 9.80 Å². The predicted molar refractivity (Wildman–Crippen MR) is 114 cm³/mol. The molecule has 1 amide bonds. The predicted octanol–water partition coefficient (Wildman–Crippen LogP) is 4.54. The zero-order valence-corrected chi connectivity index (χ0v) is 17.5. The van der Waals surface area contributed by atoms with Crippen molar-refractivity contribution >= 4 is 11.6 Å². The summed E-state index contributed by atoms with van der Waals surface area (Å²) in [4.78, 5) is 17.2. The highest BCUT2D eigenvalue weighted by molar-refractivity contribution is 6.04. The molecule has 0 bridgehead atoms. The molecule has 0 aromatic heterocycles. The first-order chi connectivity index (χ1) is 12.8. The summed E-state index contributed by atoms with van der Waals surface area (Å²) in [6, 6.07) is 14.6. The maximum absolute atomic E-state index is 12.7. The molecule has 0 aliphatic heterocycles. The molecule has 0 fully saturated rings. The van der Waals surface area contributed by atoms with Crippen LogP contribution in [0.15, 0.2) is 42.5 Å². The molecule has 0 radical (unpaired) electrons. The minimum absolute atomic E-state index is 0.0679. The summed E-state index contributed by atoms with van der Waals surface area (Å²) in [6.45, 7) is 11.4. The molecule has 4 heteroatoms. The van der Waals surface area contributed by atoms with Gasteiger partial charge in [-0.25, -0.2) is 0 Å². The monoisotopic (exact) mass is 367 g/mol. The van der Waals surface area contributed by atoms with Crippen molar-refractivity contribution in [3.63, 3.8) is 0 Å². The molecule has 0 aliphatic carbocycles. The fourth-order valence-corrected chi connectivity index (χ4v) is 3.17. The first kappa shape index (κ1) is 21.1. The fraction of sp³-hybridized carbons (Fsp3) is 0.435. The van der Waals surface area contributed by atoms with E-state index in [0.29, 0.717) is 11.6 Å². The molecule has 2 aromatic carbocycles. The highest BCUT2D eigenvalue weighted by atomic mass is 16.1. The Bertz CT molecular complexity index is 751. The van der Waals surface area contributed by atoms with Gasteiger partial charge in [0.05, 0.1) is 0 Å². The minimum Gasteiger partial charge on any atom is -0.322 e. The van der Waals surface area contributed by atoms with E-state index in [9.17, 15) is 4.79 Å². The lowest BCUT2D eigenvalue weighted by molar-refractivity contribution is 0.102. The molecule has 0 unspecified atom stereocenters. The molecule has 0 aliphatic rings. The van der Waals surface area contributed by atoms with Gasteiger partial charge in [0.25, 0.3) is 5.91 Å². The first-order valence-corrected chi connectivity index (χ1v) is 9.68. The van der Waals surface area contributed by atoms with Crippen LogP contribution in [0.3, 0.4) is 0 Å². The van der Waals surface area contributed by atoms with E-state index in [1.165, 1.54) is 11.1 Å². The Labute approximate surface area is 164 Å². The van der Waals surface area contributed by atoms with Gasteiger partial charge < -0.3 is 10.2 Å². The summed E-state index contributed by atoms with van der Waals surface area (Å²) in [7, 11) is 4.06. The summed E-state index contributed by atoms with van der Waals surface area (Å²) in [5.74, 6) is -0.0679. The number of rotatable bonds is 8. The molecule has 1 N–H and O–H groups in total. The summed E-state index contributed by atoms with van der Waals surface area (Å²) >= 11 is 0. The summed E-state index contributed by atoms with van der Waals surface area (Å²) in [5.41, 5.74) is 5.11. The summed E-state index contributed by atoms with van der Waals surface area (Å²) in [5, 5.41) is 3.07. The van der Waals surface area contributed by atoms with Crippen LogP contribution in [0.4, 0.5) is 5.69 Å². The van der Waals surface area contributed by atoms with Gasteiger partial charge in [-0.15, -0.1) is 0 Å². The Morgan fingerprint density at radius 2 is 1.70 bits per heavy atom. The Balaban J connectivity index is 2.10. The molecule has 0 saturated carbocycles. The van der Waals surface area contributed by atoms with Crippen LogP contribution in [0.2, 0.25) is 0 Å². The van der Waals surface area contributed by atoms with E-state index >= 15 is 0 Å². The number of hydrogen-bond acceptors (Lipinski definition) is 3. The highest BCUT2D eigenvalue weighted by Gasteiger charge is 2.12. The molecule has 0 saturated heterocycles. The smallest absolute Gasteiger partial charge is 0.255 e. The van der Waals surface area contributed by atoms with Crippen molar-refractivity contribution in [2.75, 3.05) is 26.0 Å². The van der Waals surface area contributed by atoms with Crippen LogP contribution in [0, 0.1) is 6.92 Å². The number of hydrogen-bond donors (Lipinski definition) is 1. The second-order valence-corrected chi connectivity index (χ2v) is 7.71. The van der Waals surface area contributed by atoms with Crippen molar-refractivity contribution in [3.8, 4) is 0 Å². The van der Waals surface area contributed by atoms with Crippen molar-refractivity contribution in [2.24, 2.45) is 0 Å². The Hall–Kier alpha value is -2.17. The van der Waals surface area contributed by atoms with Crippen LogP contribution in [0.25, 0.3) is 0 Å². The molecule has 2 aromatic rings. The lowest BCUT2D eigenvalue weighted by atomic mass is 10.1. The van der Waals surface area contributed by atoms with E-state index in [2.05, 4.69) is 61.0 Å². The van der Waals surface area contributed by atoms with E-state index in [1.54, 1.807) is 0 Å². The van der Waals surface area contributed by atoms with Crippen molar-refractivity contribution in [3.05, 3.63) is 64.7 Å². The number of carbonyl (C=O) groups excluding carboxylic acids is 1. The van der Waals surface area contributed by atoms with Crippen LogP contribution in [0.5, 0.6) is 0 Å². The van der Waals surface area contributed by atoms with Crippen molar-refractivity contribution in [1.29, 1.82) is 0 Å². The largest absolute Gasteiger partial charge is 0.322 e. The van der Waals surface area contributed by atoms with Gasteiger partial charge in [-0.2, -0.15) is 0 Å². The number of carbonyl (C=O) groups is 1. The quantitative estimate of drug-likeness (QED) is 0.744. The average molecular weight is 368 g/mol. The molecular formula is C23H33N3O. The Kier molecular flexibility index (Phi) is 7.57. The fourth-order valence-electron chi connectivity index (χ4n) is 3.17. The third kappa shape index (κ3) is 6.19. The van der Waals surface area contributed by atoms with Gasteiger partial charge in [0.15, 0.2) is 0 Å². The standard InChI is InChI=1S/C23H33N3O/c1-7-26(17(2)3)15-19-9-11-20(12-10-19)23(27)24-22-13-8-18(4)14-21(22)16-25(5)6/h8-14,17H,7,15-16H2,1-6H3,(H,24,27). The van der Waals surface area contributed by atoms with Crippen LogP contribution >= 0.6 is 0 Å². The molecular weight excluding hydrogens is 334 g/mol. The van der Waals surface area contributed by atoms with Crippen LogP contribution in [-0.2, 0) is 13.1 Å². The van der Waals surface area contributed by atoms with Crippen LogP contribution in [0.1, 0.15) is 47.8 Å². The van der Waals surface area contributed by atoms with E-state index in [0.717, 1.165) is 30.9 Å². The van der Waals surface area contributed by atoms with Gasteiger partial charge in [-0.1, -0.05) is 36.8 Å². The average Bonchev–Trinajstić information content (AvgIpc) is 2.61. The normalized spacial score (nSPS) is 11.4. The number of amides is 1. The highest BCUT2D eigenvalue weighted by Crippen LogP contribution is 2.20. The first-order valence-electron chi connectivity index (χ1n) is 9.68. The molecule has 0 spiro atoms. The van der Waals surface area contributed by atoms with Gasteiger partial charge in [-0.3, -0.25) is 9.69 Å². The van der Waals surface area contributed by atoms with Gasteiger partial charge in [0, 0.05) is 30.4 Å². The third-order valence-corrected chi connectivity index (χ3v) is 4.73. The zero-order chi connectivity index (χ0) is 20.0. The number of benzene rings is 2. The molecule has 0 atom stereocenters. The lowest BCUT2D eigenvalue weighted by Crippen LogP contribution is -2.29. The number of nitrogens with zero attached hydrogens (tertiary/aromatic N) is 2. The molecule has 146 valence electrons. The van der Waals surface area contributed by atoms with E-state index in [1.807, 2.05) is 38.4 Å². The van der Waals surface area contributed by atoms with Gasteiger partial charge >= 0.3 is 0 Å². The number of nitrogens with one attached hydrogen (secondary N) is 1. The number of anilines is 1. The topological polar surface area (TPSA) is 35.6 Å². The Morgan fingerprint density at radius 1 is 1.04 bits per heavy atom. The van der Waals surface area contributed by atoms with E-state index in [4.69, 9.17) is 0 Å². The second-order valence-electron chi connectivity index (χ2n) is 7.71.